The van der Waals surface area contributed by atoms with Crippen LogP contribution in [0.15, 0.2) is 30.3 Å². The second-order valence-electron chi connectivity index (χ2n) is 4.93. The van der Waals surface area contributed by atoms with Gasteiger partial charge in [0.1, 0.15) is 0 Å². The van der Waals surface area contributed by atoms with Crippen molar-refractivity contribution in [1.82, 2.24) is 0 Å². The molecule has 2 aromatic rings. The number of hydrogen-bond donors (Lipinski definition) is 2. The lowest BCUT2D eigenvalue weighted by molar-refractivity contribution is 0.103. The molecule has 0 unspecified atom stereocenters. The third-order valence-corrected chi connectivity index (χ3v) is 4.65. The van der Waals surface area contributed by atoms with E-state index in [2.05, 4.69) is 19.2 Å². The molecule has 3 nitrogen and oxygen atoms in total. The summed E-state index contributed by atoms with van der Waals surface area (Å²) in [5, 5.41) is 12.2. The topological polar surface area (TPSA) is 49.3 Å². The number of aliphatic hydroxyl groups excluding tert-OH is 1. The van der Waals surface area contributed by atoms with Crippen LogP contribution in [0.5, 0.6) is 0 Å². The van der Waals surface area contributed by atoms with Crippen molar-refractivity contribution in [2.45, 2.75) is 39.7 Å². The number of thiophene rings is 1. The van der Waals surface area contributed by atoms with Gasteiger partial charge >= 0.3 is 0 Å². The number of para-hydroxylation sites is 1. The van der Waals surface area contributed by atoms with Crippen LogP contribution in [-0.4, -0.2) is 11.0 Å². The molecule has 0 aliphatic heterocycles. The van der Waals surface area contributed by atoms with Crippen molar-refractivity contribution in [2.24, 2.45) is 0 Å². The second-order valence-corrected chi connectivity index (χ2v) is 6.07. The lowest BCUT2D eigenvalue weighted by Gasteiger charge is -2.07. The average Bonchev–Trinajstić information content (AvgIpc) is 2.91. The Hall–Kier alpha value is -1.65. The first kappa shape index (κ1) is 15.7. The molecule has 2 rings (SSSR count). The Kier molecular flexibility index (Phi) is 5.53. The molecule has 2 N–H and O–H groups in total. The summed E-state index contributed by atoms with van der Waals surface area (Å²) in [7, 11) is 0. The van der Waals surface area contributed by atoms with Crippen LogP contribution in [0.25, 0.3) is 0 Å². The molecule has 0 radical (unpaired) electrons. The number of carbonyl (C=O) groups is 1. The highest BCUT2D eigenvalue weighted by atomic mass is 32.1. The first-order valence-electron chi connectivity index (χ1n) is 7.31. The molecule has 0 atom stereocenters. The van der Waals surface area contributed by atoms with Crippen molar-refractivity contribution in [2.75, 3.05) is 5.32 Å². The molecular formula is C17H21NO2S. The van der Waals surface area contributed by atoms with Gasteiger partial charge in [0.25, 0.3) is 5.91 Å². The molecule has 4 heteroatoms. The number of hydrogen-bond acceptors (Lipinski definition) is 3. The molecule has 0 saturated carbocycles. The summed E-state index contributed by atoms with van der Waals surface area (Å²) in [6.45, 7) is 4.18. The number of anilines is 1. The van der Waals surface area contributed by atoms with Gasteiger partial charge in [-0.05, 0) is 30.5 Å². The molecule has 21 heavy (non-hydrogen) atoms. The van der Waals surface area contributed by atoms with Crippen molar-refractivity contribution in [1.29, 1.82) is 0 Å². The van der Waals surface area contributed by atoms with Gasteiger partial charge in [-0.2, -0.15) is 0 Å². The van der Waals surface area contributed by atoms with E-state index in [9.17, 15) is 9.90 Å². The average molecular weight is 303 g/mol. The Bertz CT molecular complexity index is 619. The standard InChI is InChI=1S/C17H21NO2S/c1-3-7-15-12(4-2)10-16(21-15)17(20)18-14-9-6-5-8-13(14)11-19/h5-6,8-10,19H,3-4,7,11H2,1-2H3,(H,18,20). The zero-order chi connectivity index (χ0) is 15.2. The minimum atomic E-state index is -0.0991. The van der Waals surface area contributed by atoms with Gasteiger partial charge in [-0.3, -0.25) is 4.79 Å². The maximum Gasteiger partial charge on any atom is 0.265 e. The highest BCUT2D eigenvalue weighted by Crippen LogP contribution is 2.26. The molecular weight excluding hydrogens is 282 g/mol. The Morgan fingerprint density at radius 3 is 2.67 bits per heavy atom. The fourth-order valence-electron chi connectivity index (χ4n) is 2.28. The quantitative estimate of drug-likeness (QED) is 0.847. The van der Waals surface area contributed by atoms with Crippen molar-refractivity contribution in [3.63, 3.8) is 0 Å². The predicted octanol–water partition coefficient (Wildman–Crippen LogP) is 4.01. The maximum atomic E-state index is 12.4. The van der Waals surface area contributed by atoms with Gasteiger partial charge in [0.05, 0.1) is 11.5 Å². The van der Waals surface area contributed by atoms with Crippen molar-refractivity contribution in [3.8, 4) is 0 Å². The molecule has 1 heterocycles. The predicted molar refractivity (Wildman–Crippen MR) is 88.0 cm³/mol. The molecule has 0 spiro atoms. The minimum absolute atomic E-state index is 0.0812. The van der Waals surface area contributed by atoms with Crippen LogP contribution in [-0.2, 0) is 19.4 Å². The Balaban J connectivity index is 2.20. The molecule has 0 saturated heterocycles. The zero-order valence-corrected chi connectivity index (χ0v) is 13.3. The lowest BCUT2D eigenvalue weighted by Crippen LogP contribution is -2.11. The van der Waals surface area contributed by atoms with Crippen LogP contribution in [0.3, 0.4) is 0 Å². The Labute approximate surface area is 129 Å². The monoisotopic (exact) mass is 303 g/mol. The van der Waals surface area contributed by atoms with E-state index in [1.54, 1.807) is 11.3 Å². The van der Waals surface area contributed by atoms with E-state index in [4.69, 9.17) is 0 Å². The molecule has 0 bridgehead atoms. The van der Waals surface area contributed by atoms with Crippen LogP contribution in [0.4, 0.5) is 5.69 Å². The van der Waals surface area contributed by atoms with Gasteiger partial charge in [-0.25, -0.2) is 0 Å². The summed E-state index contributed by atoms with van der Waals surface area (Å²) in [6, 6.07) is 9.31. The lowest BCUT2D eigenvalue weighted by atomic mass is 10.1. The van der Waals surface area contributed by atoms with Crippen molar-refractivity contribution in [3.05, 3.63) is 51.2 Å². The fraction of sp³-hybridized carbons (Fsp3) is 0.353. The number of carbonyl (C=O) groups excluding carboxylic acids is 1. The molecule has 1 amide bonds. The van der Waals surface area contributed by atoms with Crippen LogP contribution in [0.1, 0.15) is 45.9 Å². The minimum Gasteiger partial charge on any atom is -0.392 e. The fourth-order valence-corrected chi connectivity index (χ4v) is 3.53. The smallest absolute Gasteiger partial charge is 0.265 e. The molecule has 112 valence electrons. The number of nitrogens with one attached hydrogen (secondary N) is 1. The van der Waals surface area contributed by atoms with Gasteiger partial charge in [0.15, 0.2) is 0 Å². The molecule has 1 aromatic heterocycles. The summed E-state index contributed by atoms with van der Waals surface area (Å²) in [4.78, 5) is 14.4. The summed E-state index contributed by atoms with van der Waals surface area (Å²) < 4.78 is 0. The number of aliphatic hydroxyl groups is 1. The van der Waals surface area contributed by atoms with Gasteiger partial charge < -0.3 is 10.4 Å². The summed E-state index contributed by atoms with van der Waals surface area (Å²) in [5.41, 5.74) is 2.67. The largest absolute Gasteiger partial charge is 0.392 e. The third kappa shape index (κ3) is 3.71. The van der Waals surface area contributed by atoms with Crippen LogP contribution in [0.2, 0.25) is 0 Å². The highest BCUT2D eigenvalue weighted by molar-refractivity contribution is 7.14. The first-order chi connectivity index (χ1) is 10.2. The maximum absolute atomic E-state index is 12.4. The van der Waals surface area contributed by atoms with Crippen molar-refractivity contribution < 1.29 is 9.90 Å². The van der Waals surface area contributed by atoms with E-state index >= 15 is 0 Å². The van der Waals surface area contributed by atoms with Crippen LogP contribution < -0.4 is 5.32 Å². The van der Waals surface area contributed by atoms with Crippen LogP contribution >= 0.6 is 11.3 Å². The first-order valence-corrected chi connectivity index (χ1v) is 8.12. The molecule has 1 aromatic carbocycles. The van der Waals surface area contributed by atoms with E-state index in [-0.39, 0.29) is 12.5 Å². The number of rotatable bonds is 6. The normalized spacial score (nSPS) is 10.6. The summed E-state index contributed by atoms with van der Waals surface area (Å²) in [5.74, 6) is -0.0991. The van der Waals surface area contributed by atoms with E-state index in [0.29, 0.717) is 5.69 Å². The Morgan fingerprint density at radius 1 is 1.24 bits per heavy atom. The molecule has 0 aliphatic rings. The van der Waals surface area contributed by atoms with Gasteiger partial charge in [-0.1, -0.05) is 38.5 Å². The van der Waals surface area contributed by atoms with E-state index in [1.165, 1.54) is 10.4 Å². The number of amides is 1. The summed E-state index contributed by atoms with van der Waals surface area (Å²) >= 11 is 1.57. The Morgan fingerprint density at radius 2 is 2.00 bits per heavy atom. The van der Waals surface area contributed by atoms with Crippen LogP contribution in [0, 0.1) is 0 Å². The van der Waals surface area contributed by atoms with Crippen molar-refractivity contribution >= 4 is 22.9 Å². The second kappa shape index (κ2) is 7.38. The van der Waals surface area contributed by atoms with E-state index in [1.807, 2.05) is 30.3 Å². The summed E-state index contributed by atoms with van der Waals surface area (Å²) in [6.07, 6.45) is 3.06. The molecule has 0 aliphatic carbocycles. The zero-order valence-electron chi connectivity index (χ0n) is 12.5. The number of benzene rings is 1. The van der Waals surface area contributed by atoms with E-state index < -0.39 is 0 Å². The van der Waals surface area contributed by atoms with Gasteiger partial charge in [-0.15, -0.1) is 11.3 Å². The van der Waals surface area contributed by atoms with E-state index in [0.717, 1.165) is 29.7 Å². The SMILES string of the molecule is CCCc1sc(C(=O)Nc2ccccc2CO)cc1CC. The highest BCUT2D eigenvalue weighted by Gasteiger charge is 2.14. The van der Waals surface area contributed by atoms with Gasteiger partial charge in [0.2, 0.25) is 0 Å². The molecule has 0 fully saturated rings. The third-order valence-electron chi connectivity index (χ3n) is 3.41. The number of aryl methyl sites for hydroxylation is 2. The van der Waals surface area contributed by atoms with Gasteiger partial charge in [0, 0.05) is 16.1 Å².